The summed E-state index contributed by atoms with van der Waals surface area (Å²) >= 11 is 0. The van der Waals surface area contributed by atoms with Gasteiger partial charge in [-0.15, -0.1) is 0 Å². The molecule has 0 saturated heterocycles. The number of nitrogens with two attached hydrogens (primary N) is 1. The summed E-state index contributed by atoms with van der Waals surface area (Å²) in [7, 11) is 0. The van der Waals surface area contributed by atoms with Crippen LogP contribution >= 0.6 is 0 Å². The fourth-order valence-corrected chi connectivity index (χ4v) is 1.61. The third kappa shape index (κ3) is 3.14. The second-order valence-corrected chi connectivity index (χ2v) is 3.80. The first kappa shape index (κ1) is 10.8. The maximum absolute atomic E-state index is 5.71. The number of benzene rings is 1. The molecule has 3 nitrogen and oxygen atoms in total. The van der Waals surface area contributed by atoms with Crippen LogP contribution in [-0.4, -0.2) is 6.54 Å². The molecule has 16 heavy (non-hydrogen) atoms. The fourth-order valence-electron chi connectivity index (χ4n) is 1.61. The van der Waals surface area contributed by atoms with Gasteiger partial charge in [0.15, 0.2) is 0 Å². The highest BCUT2D eigenvalue weighted by molar-refractivity contribution is 5.40. The van der Waals surface area contributed by atoms with Crippen LogP contribution in [0.25, 0.3) is 0 Å². The number of anilines is 1. The molecule has 1 aromatic carbocycles. The molecule has 0 aliphatic rings. The minimum Gasteiger partial charge on any atom is -0.472 e. The van der Waals surface area contributed by atoms with E-state index in [-0.39, 0.29) is 0 Å². The van der Waals surface area contributed by atoms with Crippen LogP contribution in [0.4, 0.5) is 5.69 Å². The summed E-state index contributed by atoms with van der Waals surface area (Å²) in [6.07, 6.45) is 4.44. The van der Waals surface area contributed by atoms with Crippen LogP contribution in [0.3, 0.4) is 0 Å². The van der Waals surface area contributed by atoms with Gasteiger partial charge in [0.2, 0.25) is 0 Å². The van der Waals surface area contributed by atoms with Crippen molar-refractivity contribution in [3.63, 3.8) is 0 Å². The molecule has 0 aliphatic heterocycles. The molecule has 2 rings (SSSR count). The molecule has 0 fully saturated rings. The van der Waals surface area contributed by atoms with E-state index in [4.69, 9.17) is 10.2 Å². The number of hydrogen-bond acceptors (Lipinski definition) is 3. The molecule has 3 heteroatoms. The Balaban J connectivity index is 1.72. The molecule has 1 heterocycles. The highest BCUT2D eigenvalue weighted by Gasteiger charge is 1.95. The van der Waals surface area contributed by atoms with Crippen LogP contribution in [0.2, 0.25) is 0 Å². The zero-order valence-electron chi connectivity index (χ0n) is 9.15. The van der Waals surface area contributed by atoms with E-state index in [1.807, 2.05) is 24.3 Å². The number of nitrogen functional groups attached to an aromatic ring is 1. The Morgan fingerprint density at radius 2 is 2.12 bits per heavy atom. The first-order chi connectivity index (χ1) is 7.84. The van der Waals surface area contributed by atoms with Gasteiger partial charge in [-0.1, -0.05) is 12.1 Å². The van der Waals surface area contributed by atoms with Gasteiger partial charge in [0.1, 0.15) is 0 Å². The molecular formula is C13H16N2O. The average molecular weight is 216 g/mol. The third-order valence-corrected chi connectivity index (χ3v) is 2.45. The van der Waals surface area contributed by atoms with E-state index >= 15 is 0 Å². The molecule has 0 saturated carbocycles. The van der Waals surface area contributed by atoms with Crippen LogP contribution in [0, 0.1) is 0 Å². The van der Waals surface area contributed by atoms with Crippen LogP contribution in [0.5, 0.6) is 0 Å². The van der Waals surface area contributed by atoms with E-state index in [2.05, 4.69) is 11.4 Å². The quantitative estimate of drug-likeness (QED) is 0.595. The summed E-state index contributed by atoms with van der Waals surface area (Å²) in [6, 6.07) is 9.96. The lowest BCUT2D eigenvalue weighted by Gasteiger charge is -2.04. The lowest BCUT2D eigenvalue weighted by Crippen LogP contribution is -2.16. The molecule has 0 spiro atoms. The summed E-state index contributed by atoms with van der Waals surface area (Å²) in [6.45, 7) is 1.79. The topological polar surface area (TPSA) is 51.2 Å². The van der Waals surface area contributed by atoms with Gasteiger partial charge >= 0.3 is 0 Å². The predicted molar refractivity (Wildman–Crippen MR) is 65.0 cm³/mol. The largest absolute Gasteiger partial charge is 0.472 e. The van der Waals surface area contributed by atoms with Crippen LogP contribution in [0.1, 0.15) is 11.1 Å². The van der Waals surface area contributed by atoms with Gasteiger partial charge in [-0.05, 0) is 36.7 Å². The number of hydrogen-bond donors (Lipinski definition) is 2. The molecule has 1 aromatic heterocycles. The summed E-state index contributed by atoms with van der Waals surface area (Å²) < 4.78 is 4.99. The van der Waals surface area contributed by atoms with E-state index < -0.39 is 0 Å². The van der Waals surface area contributed by atoms with Gasteiger partial charge < -0.3 is 15.5 Å². The van der Waals surface area contributed by atoms with E-state index in [1.54, 1.807) is 12.5 Å². The summed E-state index contributed by atoms with van der Waals surface area (Å²) in [4.78, 5) is 0. The second-order valence-electron chi connectivity index (χ2n) is 3.80. The van der Waals surface area contributed by atoms with Crippen LogP contribution in [-0.2, 0) is 13.0 Å². The molecule has 0 amide bonds. The Bertz CT molecular complexity index is 423. The second kappa shape index (κ2) is 5.37. The molecule has 0 aliphatic carbocycles. The standard InChI is InChI=1S/C13H16N2O/c14-13-3-1-2-11(8-13)4-6-15-9-12-5-7-16-10-12/h1-3,5,7-8,10,15H,4,6,9,14H2. The Morgan fingerprint density at radius 3 is 2.88 bits per heavy atom. The Morgan fingerprint density at radius 1 is 1.19 bits per heavy atom. The maximum Gasteiger partial charge on any atom is 0.0947 e. The van der Waals surface area contributed by atoms with Crippen molar-refractivity contribution in [2.24, 2.45) is 0 Å². The van der Waals surface area contributed by atoms with E-state index in [9.17, 15) is 0 Å². The zero-order chi connectivity index (χ0) is 11.2. The van der Waals surface area contributed by atoms with Crippen molar-refractivity contribution in [2.75, 3.05) is 12.3 Å². The molecule has 0 bridgehead atoms. The van der Waals surface area contributed by atoms with Crippen molar-refractivity contribution < 1.29 is 4.42 Å². The number of nitrogens with one attached hydrogen (secondary N) is 1. The summed E-state index contributed by atoms with van der Waals surface area (Å²) in [5.41, 5.74) is 8.97. The summed E-state index contributed by atoms with van der Waals surface area (Å²) in [5.74, 6) is 0. The van der Waals surface area contributed by atoms with Crippen molar-refractivity contribution >= 4 is 5.69 Å². The maximum atomic E-state index is 5.71. The van der Waals surface area contributed by atoms with Gasteiger partial charge in [-0.2, -0.15) is 0 Å². The highest BCUT2D eigenvalue weighted by Crippen LogP contribution is 2.06. The monoisotopic (exact) mass is 216 g/mol. The third-order valence-electron chi connectivity index (χ3n) is 2.45. The Kier molecular flexibility index (Phi) is 3.62. The lowest BCUT2D eigenvalue weighted by atomic mass is 10.1. The number of furan rings is 1. The van der Waals surface area contributed by atoms with Crippen LogP contribution in [0.15, 0.2) is 47.3 Å². The number of rotatable bonds is 5. The van der Waals surface area contributed by atoms with Gasteiger partial charge in [-0.3, -0.25) is 0 Å². The van der Waals surface area contributed by atoms with E-state index in [0.29, 0.717) is 0 Å². The van der Waals surface area contributed by atoms with Crippen molar-refractivity contribution in [1.29, 1.82) is 0 Å². The molecule has 3 N–H and O–H groups in total. The van der Waals surface area contributed by atoms with Crippen molar-refractivity contribution in [1.82, 2.24) is 5.32 Å². The van der Waals surface area contributed by atoms with Crippen molar-refractivity contribution in [3.05, 3.63) is 54.0 Å². The molecule has 0 radical (unpaired) electrons. The molecule has 2 aromatic rings. The van der Waals surface area contributed by atoms with Crippen molar-refractivity contribution in [3.8, 4) is 0 Å². The lowest BCUT2D eigenvalue weighted by molar-refractivity contribution is 0.560. The Hall–Kier alpha value is -1.74. The Labute approximate surface area is 95.3 Å². The molecular weight excluding hydrogens is 200 g/mol. The first-order valence-electron chi connectivity index (χ1n) is 5.41. The smallest absolute Gasteiger partial charge is 0.0947 e. The van der Waals surface area contributed by atoms with Gasteiger partial charge in [0.05, 0.1) is 12.5 Å². The first-order valence-corrected chi connectivity index (χ1v) is 5.41. The van der Waals surface area contributed by atoms with Crippen molar-refractivity contribution in [2.45, 2.75) is 13.0 Å². The highest BCUT2D eigenvalue weighted by atomic mass is 16.3. The van der Waals surface area contributed by atoms with Gasteiger partial charge in [0.25, 0.3) is 0 Å². The average Bonchev–Trinajstić information content (AvgIpc) is 2.77. The molecule has 84 valence electrons. The predicted octanol–water partition coefficient (Wildman–Crippen LogP) is 2.19. The fraction of sp³-hybridized carbons (Fsp3) is 0.231. The van der Waals surface area contributed by atoms with E-state index in [1.165, 1.54) is 11.1 Å². The molecule has 0 atom stereocenters. The van der Waals surface area contributed by atoms with E-state index in [0.717, 1.165) is 25.2 Å². The van der Waals surface area contributed by atoms with Crippen LogP contribution < -0.4 is 11.1 Å². The van der Waals surface area contributed by atoms with Gasteiger partial charge in [-0.25, -0.2) is 0 Å². The zero-order valence-corrected chi connectivity index (χ0v) is 9.15. The van der Waals surface area contributed by atoms with Gasteiger partial charge in [0, 0.05) is 17.8 Å². The minimum absolute atomic E-state index is 0.826. The SMILES string of the molecule is Nc1cccc(CCNCc2ccoc2)c1. The normalized spacial score (nSPS) is 10.5. The minimum atomic E-state index is 0.826. The summed E-state index contributed by atoms with van der Waals surface area (Å²) in [5, 5.41) is 3.35. The molecule has 0 unspecified atom stereocenters.